The maximum Gasteiger partial charge on any atom is 0.0189 e. The van der Waals surface area contributed by atoms with E-state index in [1.54, 1.807) is 0 Å². The van der Waals surface area contributed by atoms with Gasteiger partial charge in [-0.2, -0.15) is 0 Å². The molecule has 0 saturated carbocycles. The Morgan fingerprint density at radius 2 is 1.70 bits per heavy atom. The molecule has 0 bridgehead atoms. The predicted molar refractivity (Wildman–Crippen MR) is 198 cm³/mol. The van der Waals surface area contributed by atoms with Crippen LogP contribution < -0.4 is 0 Å². The van der Waals surface area contributed by atoms with Crippen LogP contribution >= 0.6 is 0 Å². The van der Waals surface area contributed by atoms with Crippen molar-refractivity contribution in [2.75, 3.05) is 0 Å². The molecule has 0 unspecified atom stereocenters. The lowest BCUT2D eigenvalue weighted by molar-refractivity contribution is 0.633. The standard InChI is InChI=1S/C39H52.2C2H6/c1-9-13-19-34(11-3)35(12-4)27-33(24-30(5)6)28-39(36-20-15-14-16-21-36)29-38-23-18-17-22-37(38)26-32(8)25-31(7)10-2;2*1-2/h9,13,15,17-23,25,27,29-30,32H,4,10-11,14,16,24,26,28H2,1-3,5-8H3;2*1-2H3/b13-9-,31-25-,33-27+,34-19+,39-29+;;/t32-;;/m0../s1. The Kier molecular flexibility index (Phi) is 22.6. The third kappa shape index (κ3) is 15.8. The van der Waals surface area contributed by atoms with Gasteiger partial charge < -0.3 is 0 Å². The fraction of sp³-hybridized carbons (Fsp3) is 0.465. The summed E-state index contributed by atoms with van der Waals surface area (Å²) in [5.74, 6) is 1.09. The average Bonchev–Trinajstić information content (AvgIpc) is 3.03. The highest BCUT2D eigenvalue weighted by Gasteiger charge is 2.13. The number of benzene rings is 1. The summed E-state index contributed by atoms with van der Waals surface area (Å²) in [6, 6.07) is 8.97. The van der Waals surface area contributed by atoms with E-state index in [1.165, 1.54) is 39.0 Å². The van der Waals surface area contributed by atoms with Crippen LogP contribution in [0.5, 0.6) is 0 Å². The molecule has 0 radical (unpaired) electrons. The molecule has 0 heteroatoms. The minimum absolute atomic E-state index is 0.518. The zero-order valence-corrected chi connectivity index (χ0v) is 29.8. The van der Waals surface area contributed by atoms with Gasteiger partial charge in [-0.15, -0.1) is 5.73 Å². The Morgan fingerprint density at radius 1 is 1.00 bits per heavy atom. The second-order valence-electron chi connectivity index (χ2n) is 11.3. The van der Waals surface area contributed by atoms with Gasteiger partial charge in [-0.05, 0) is 105 Å². The second-order valence-corrected chi connectivity index (χ2v) is 11.3. The number of allylic oxidation sites excluding steroid dienone is 14. The smallest absolute Gasteiger partial charge is 0.0189 e. The Labute approximate surface area is 268 Å². The topological polar surface area (TPSA) is 0 Å². The summed E-state index contributed by atoms with van der Waals surface area (Å²) in [6.07, 6.45) is 28.1. The molecule has 0 fully saturated rings. The molecule has 236 valence electrons. The molecule has 43 heavy (non-hydrogen) atoms. The van der Waals surface area contributed by atoms with Crippen LogP contribution in [0.3, 0.4) is 0 Å². The number of rotatable bonds is 14. The van der Waals surface area contributed by atoms with Gasteiger partial charge in [0.1, 0.15) is 0 Å². The van der Waals surface area contributed by atoms with Crippen molar-refractivity contribution in [3.63, 3.8) is 0 Å². The number of hydrogen-bond donors (Lipinski definition) is 0. The molecule has 0 nitrogen and oxygen atoms in total. The molecule has 0 amide bonds. The highest BCUT2D eigenvalue weighted by atomic mass is 14.2. The summed E-state index contributed by atoms with van der Waals surface area (Å²) in [4.78, 5) is 0. The molecular formula is C43H64. The monoisotopic (exact) mass is 581 g/mol. The van der Waals surface area contributed by atoms with Gasteiger partial charge in [-0.25, -0.2) is 0 Å². The lowest BCUT2D eigenvalue weighted by Crippen LogP contribution is -2.02. The van der Waals surface area contributed by atoms with Crippen molar-refractivity contribution < 1.29 is 0 Å². The van der Waals surface area contributed by atoms with Crippen LogP contribution in [0.1, 0.15) is 126 Å². The summed E-state index contributed by atoms with van der Waals surface area (Å²) in [5, 5.41) is 0. The molecule has 0 heterocycles. The normalized spacial score (nSPS) is 14.8. The summed E-state index contributed by atoms with van der Waals surface area (Å²) in [5.41, 5.74) is 14.1. The first-order chi connectivity index (χ1) is 20.8. The molecule has 0 aromatic heterocycles. The van der Waals surface area contributed by atoms with Crippen molar-refractivity contribution >= 4 is 6.08 Å². The molecule has 0 aliphatic heterocycles. The lowest BCUT2D eigenvalue weighted by Gasteiger charge is -2.18. The Hall–Kier alpha value is -3.08. The minimum Gasteiger partial charge on any atom is -0.120 e. The summed E-state index contributed by atoms with van der Waals surface area (Å²) >= 11 is 0. The maximum atomic E-state index is 4.06. The van der Waals surface area contributed by atoms with Crippen LogP contribution in [0.15, 0.2) is 119 Å². The van der Waals surface area contributed by atoms with Gasteiger partial charge in [0.2, 0.25) is 0 Å². The predicted octanol–water partition coefficient (Wildman–Crippen LogP) is 13.9. The van der Waals surface area contributed by atoms with E-state index in [0.717, 1.165) is 50.5 Å². The SMILES string of the molecule is C=C=C(/C=C(/C/C(=C\c1ccccc1C[C@@H](C)/C=C(/C)CC)C1=CCCC=C1)CC(C)C)/C(=C/C=C\C)CC.CC.CC. The van der Waals surface area contributed by atoms with Crippen molar-refractivity contribution in [2.24, 2.45) is 11.8 Å². The van der Waals surface area contributed by atoms with Crippen LogP contribution in [0, 0.1) is 11.8 Å². The van der Waals surface area contributed by atoms with E-state index in [-0.39, 0.29) is 0 Å². The third-order valence-electron chi connectivity index (χ3n) is 7.26. The quantitative estimate of drug-likeness (QED) is 0.117. The van der Waals surface area contributed by atoms with Crippen LogP contribution in [-0.2, 0) is 6.42 Å². The molecule has 1 aliphatic rings. The van der Waals surface area contributed by atoms with Crippen molar-refractivity contribution in [3.8, 4) is 0 Å². The summed E-state index contributed by atoms with van der Waals surface area (Å²) < 4.78 is 0. The van der Waals surface area contributed by atoms with Gasteiger partial charge in [0, 0.05) is 5.57 Å². The molecule has 2 rings (SSSR count). The lowest BCUT2D eigenvalue weighted by atomic mass is 9.87. The highest BCUT2D eigenvalue weighted by molar-refractivity contribution is 5.64. The van der Waals surface area contributed by atoms with Crippen LogP contribution in [0.25, 0.3) is 6.08 Å². The molecule has 1 aromatic carbocycles. The zero-order valence-electron chi connectivity index (χ0n) is 29.8. The molecule has 0 saturated heterocycles. The van der Waals surface area contributed by atoms with E-state index in [0.29, 0.717) is 11.8 Å². The van der Waals surface area contributed by atoms with E-state index in [9.17, 15) is 0 Å². The van der Waals surface area contributed by atoms with Crippen molar-refractivity contribution in [2.45, 2.75) is 121 Å². The minimum atomic E-state index is 0.518. The largest absolute Gasteiger partial charge is 0.120 e. The van der Waals surface area contributed by atoms with E-state index in [4.69, 9.17) is 0 Å². The Balaban J connectivity index is 0.00000422. The maximum absolute atomic E-state index is 4.06. The van der Waals surface area contributed by atoms with Gasteiger partial charge in [-0.3, -0.25) is 0 Å². The number of hydrogen-bond acceptors (Lipinski definition) is 0. The molecule has 0 N–H and O–H groups in total. The zero-order chi connectivity index (χ0) is 32.6. The molecule has 0 spiro atoms. The first-order valence-electron chi connectivity index (χ1n) is 17.1. The summed E-state index contributed by atoms with van der Waals surface area (Å²) in [6.45, 7) is 27.8. The molecule has 1 aromatic rings. The van der Waals surface area contributed by atoms with E-state index in [2.05, 4.69) is 140 Å². The molecule has 1 atom stereocenters. The molecular weight excluding hydrogens is 516 g/mol. The van der Waals surface area contributed by atoms with Gasteiger partial charge in [-0.1, -0.05) is 153 Å². The van der Waals surface area contributed by atoms with Gasteiger partial charge >= 0.3 is 0 Å². The fourth-order valence-electron chi connectivity index (χ4n) is 5.17. The van der Waals surface area contributed by atoms with E-state index >= 15 is 0 Å². The first-order valence-corrected chi connectivity index (χ1v) is 17.1. The van der Waals surface area contributed by atoms with E-state index in [1.807, 2.05) is 27.7 Å². The van der Waals surface area contributed by atoms with Crippen LogP contribution in [0.4, 0.5) is 0 Å². The van der Waals surface area contributed by atoms with Crippen molar-refractivity contribution in [1.29, 1.82) is 0 Å². The highest BCUT2D eigenvalue weighted by Crippen LogP contribution is 2.31. The fourth-order valence-corrected chi connectivity index (χ4v) is 5.17. The van der Waals surface area contributed by atoms with Crippen molar-refractivity contribution in [3.05, 3.63) is 130 Å². The third-order valence-corrected chi connectivity index (χ3v) is 7.26. The van der Waals surface area contributed by atoms with Gasteiger partial charge in [0.05, 0.1) is 0 Å². The Bertz CT molecular complexity index is 1190. The first kappa shape index (κ1) is 39.9. The van der Waals surface area contributed by atoms with Gasteiger partial charge in [0.15, 0.2) is 0 Å². The molecule has 1 aliphatic carbocycles. The van der Waals surface area contributed by atoms with Crippen LogP contribution in [-0.4, -0.2) is 0 Å². The van der Waals surface area contributed by atoms with Crippen molar-refractivity contribution in [1.82, 2.24) is 0 Å². The van der Waals surface area contributed by atoms with E-state index < -0.39 is 0 Å². The second kappa shape index (κ2) is 24.4. The van der Waals surface area contributed by atoms with Crippen LogP contribution in [0.2, 0.25) is 0 Å². The van der Waals surface area contributed by atoms with Gasteiger partial charge in [0.25, 0.3) is 0 Å². The summed E-state index contributed by atoms with van der Waals surface area (Å²) in [7, 11) is 0. The Morgan fingerprint density at radius 3 is 2.26 bits per heavy atom. The average molecular weight is 581 g/mol.